The van der Waals surface area contributed by atoms with Gasteiger partial charge in [-0.05, 0) is 18.2 Å². The van der Waals surface area contributed by atoms with Gasteiger partial charge in [0, 0.05) is 32.0 Å². The van der Waals surface area contributed by atoms with Crippen molar-refractivity contribution in [2.45, 2.75) is 0 Å². The van der Waals surface area contributed by atoms with Crippen molar-refractivity contribution in [1.82, 2.24) is 14.6 Å². The number of hydrogen-bond acceptors (Lipinski definition) is 5. The molecule has 0 N–H and O–H groups in total. The fraction of sp³-hybridized carbons (Fsp3) is 0.385. The molecule has 0 radical (unpaired) electrons. The van der Waals surface area contributed by atoms with Gasteiger partial charge in [0.2, 0.25) is 0 Å². The summed E-state index contributed by atoms with van der Waals surface area (Å²) in [6.45, 7) is 2.66. The zero-order valence-electron chi connectivity index (χ0n) is 11.1. The minimum Gasteiger partial charge on any atom is -0.379 e. The number of morpholine rings is 1. The highest BCUT2D eigenvalue weighted by atomic mass is 32.2. The third-order valence-corrected chi connectivity index (χ3v) is 4.59. The molecule has 106 valence electrons. The number of nitrogens with zero attached hydrogens (tertiary/aromatic N) is 3. The molecule has 0 bridgehead atoms. The maximum absolute atomic E-state index is 12.5. The normalized spacial score (nSPS) is 23.1. The van der Waals surface area contributed by atoms with E-state index in [4.69, 9.17) is 17.0 Å². The van der Waals surface area contributed by atoms with E-state index in [9.17, 15) is 4.79 Å². The van der Waals surface area contributed by atoms with E-state index in [2.05, 4.69) is 0 Å². The third kappa shape index (κ3) is 2.54. The Labute approximate surface area is 127 Å². The van der Waals surface area contributed by atoms with Gasteiger partial charge in [-0.15, -0.1) is 0 Å². The Morgan fingerprint density at radius 1 is 1.40 bits per heavy atom. The van der Waals surface area contributed by atoms with Crippen molar-refractivity contribution >= 4 is 40.3 Å². The van der Waals surface area contributed by atoms with Crippen LogP contribution < -0.4 is 0 Å². The van der Waals surface area contributed by atoms with Crippen molar-refractivity contribution in [2.75, 3.05) is 26.3 Å². The summed E-state index contributed by atoms with van der Waals surface area (Å²) in [6, 6.07) is 3.93. The molecule has 20 heavy (non-hydrogen) atoms. The molecule has 2 fully saturated rings. The van der Waals surface area contributed by atoms with Gasteiger partial charge in [0.25, 0.3) is 5.91 Å². The first-order valence-electron chi connectivity index (χ1n) is 6.39. The highest BCUT2D eigenvalue weighted by molar-refractivity contribution is 8.26. The topological polar surface area (TPSA) is 37.7 Å². The molecule has 3 heterocycles. The van der Waals surface area contributed by atoms with Crippen LogP contribution in [0.5, 0.6) is 0 Å². The van der Waals surface area contributed by atoms with Crippen LogP contribution >= 0.6 is 24.0 Å². The van der Waals surface area contributed by atoms with Crippen LogP contribution in [0.25, 0.3) is 6.08 Å². The molecule has 0 aliphatic carbocycles. The lowest BCUT2D eigenvalue weighted by atomic mass is 10.3. The molecule has 1 aromatic heterocycles. The van der Waals surface area contributed by atoms with Crippen molar-refractivity contribution < 1.29 is 9.53 Å². The molecule has 2 aliphatic rings. The average molecular weight is 309 g/mol. The van der Waals surface area contributed by atoms with Gasteiger partial charge in [-0.3, -0.25) is 4.79 Å². The van der Waals surface area contributed by atoms with Crippen LogP contribution in [0.1, 0.15) is 5.69 Å². The molecule has 0 unspecified atom stereocenters. The summed E-state index contributed by atoms with van der Waals surface area (Å²) in [6.07, 6.45) is 3.84. The van der Waals surface area contributed by atoms with E-state index < -0.39 is 0 Å². The van der Waals surface area contributed by atoms with E-state index in [0.29, 0.717) is 35.5 Å². The van der Waals surface area contributed by atoms with Gasteiger partial charge in [-0.1, -0.05) is 24.0 Å². The number of hydrazine groups is 1. The largest absolute Gasteiger partial charge is 0.379 e. The molecule has 0 spiro atoms. The van der Waals surface area contributed by atoms with Crippen LogP contribution in [-0.2, 0) is 16.6 Å². The Hall–Kier alpha value is -1.15. The fourth-order valence-electron chi connectivity index (χ4n) is 2.22. The Bertz CT molecular complexity index is 576. The highest BCUT2D eigenvalue weighted by Crippen LogP contribution is 2.33. The van der Waals surface area contributed by atoms with E-state index in [-0.39, 0.29) is 5.91 Å². The van der Waals surface area contributed by atoms with Crippen molar-refractivity contribution in [3.05, 3.63) is 28.9 Å². The number of rotatable bonds is 2. The zero-order chi connectivity index (χ0) is 14.1. The van der Waals surface area contributed by atoms with E-state index in [0.717, 1.165) is 5.69 Å². The van der Waals surface area contributed by atoms with E-state index in [1.54, 1.807) is 5.01 Å². The number of ether oxygens (including phenoxy) is 1. The summed E-state index contributed by atoms with van der Waals surface area (Å²) >= 11 is 6.70. The number of aryl methyl sites for hydroxylation is 1. The Kier molecular flexibility index (Phi) is 3.93. The SMILES string of the molecule is Cn1cccc1/C=C1/SC(=S)N(N2CCOCC2)C1=O. The summed E-state index contributed by atoms with van der Waals surface area (Å²) < 4.78 is 7.88. The molecule has 2 saturated heterocycles. The predicted octanol–water partition coefficient (Wildman–Crippen LogP) is 1.47. The first-order chi connectivity index (χ1) is 9.66. The second-order valence-corrected chi connectivity index (χ2v) is 6.28. The standard InChI is InChI=1S/C13H15N3O2S2/c1-14-4-2-3-10(14)9-11-12(17)16(13(19)20-11)15-5-7-18-8-6-15/h2-4,9H,5-8H2,1H3/b11-9+. The van der Waals surface area contributed by atoms with Crippen LogP contribution in [0.3, 0.4) is 0 Å². The average Bonchev–Trinajstić information content (AvgIpc) is 2.96. The number of aromatic nitrogens is 1. The Morgan fingerprint density at radius 2 is 2.15 bits per heavy atom. The van der Waals surface area contributed by atoms with Crippen LogP contribution in [0.4, 0.5) is 0 Å². The van der Waals surface area contributed by atoms with Crippen molar-refractivity contribution in [2.24, 2.45) is 7.05 Å². The molecule has 0 atom stereocenters. The molecule has 7 heteroatoms. The van der Waals surface area contributed by atoms with Crippen molar-refractivity contribution in [3.63, 3.8) is 0 Å². The number of carbonyl (C=O) groups excluding carboxylic acids is 1. The monoisotopic (exact) mass is 309 g/mol. The summed E-state index contributed by atoms with van der Waals surface area (Å²) in [5.74, 6) is -0.0388. The first kappa shape index (κ1) is 13.8. The summed E-state index contributed by atoms with van der Waals surface area (Å²) in [5, 5.41) is 3.57. The summed E-state index contributed by atoms with van der Waals surface area (Å²) in [4.78, 5) is 13.2. The van der Waals surface area contributed by atoms with Crippen LogP contribution in [0.2, 0.25) is 0 Å². The first-order valence-corrected chi connectivity index (χ1v) is 7.61. The molecule has 3 rings (SSSR count). The van der Waals surface area contributed by atoms with Crippen molar-refractivity contribution in [3.8, 4) is 0 Å². The molecule has 0 aromatic carbocycles. The molecule has 1 aromatic rings. The number of amides is 1. The lowest BCUT2D eigenvalue weighted by molar-refractivity contribution is -0.138. The smallest absolute Gasteiger partial charge is 0.281 e. The zero-order valence-corrected chi connectivity index (χ0v) is 12.7. The molecule has 5 nitrogen and oxygen atoms in total. The second kappa shape index (κ2) is 5.69. The third-order valence-electron chi connectivity index (χ3n) is 3.31. The molecular formula is C13H15N3O2S2. The molecule has 0 saturated carbocycles. The van der Waals surface area contributed by atoms with Crippen LogP contribution in [-0.4, -0.2) is 51.1 Å². The maximum atomic E-state index is 12.5. The molecule has 1 amide bonds. The van der Waals surface area contributed by atoms with Crippen LogP contribution in [0.15, 0.2) is 23.2 Å². The quantitative estimate of drug-likeness (QED) is 0.611. The van der Waals surface area contributed by atoms with E-state index in [1.165, 1.54) is 11.8 Å². The van der Waals surface area contributed by atoms with Gasteiger partial charge in [0.1, 0.15) is 0 Å². The van der Waals surface area contributed by atoms with Gasteiger partial charge in [-0.25, -0.2) is 10.0 Å². The number of carbonyl (C=O) groups is 1. The van der Waals surface area contributed by atoms with Gasteiger partial charge >= 0.3 is 0 Å². The number of hydrogen-bond donors (Lipinski definition) is 0. The fourth-order valence-corrected chi connectivity index (χ4v) is 3.51. The molecule has 2 aliphatic heterocycles. The predicted molar refractivity (Wildman–Crippen MR) is 82.8 cm³/mol. The lowest BCUT2D eigenvalue weighted by Gasteiger charge is -2.33. The lowest BCUT2D eigenvalue weighted by Crippen LogP contribution is -2.50. The maximum Gasteiger partial charge on any atom is 0.281 e. The van der Waals surface area contributed by atoms with E-state index in [1.807, 2.05) is 41.0 Å². The van der Waals surface area contributed by atoms with Gasteiger partial charge in [-0.2, -0.15) is 0 Å². The Morgan fingerprint density at radius 3 is 2.80 bits per heavy atom. The number of thiocarbonyl (C=S) groups is 1. The van der Waals surface area contributed by atoms with Gasteiger partial charge in [0.05, 0.1) is 18.1 Å². The number of thioether (sulfide) groups is 1. The van der Waals surface area contributed by atoms with Crippen LogP contribution in [0, 0.1) is 0 Å². The Balaban J connectivity index is 1.83. The van der Waals surface area contributed by atoms with Gasteiger partial charge < -0.3 is 9.30 Å². The minimum absolute atomic E-state index is 0.0388. The highest BCUT2D eigenvalue weighted by Gasteiger charge is 2.36. The molecular weight excluding hydrogens is 294 g/mol. The second-order valence-electron chi connectivity index (χ2n) is 4.60. The van der Waals surface area contributed by atoms with Crippen molar-refractivity contribution in [1.29, 1.82) is 0 Å². The van der Waals surface area contributed by atoms with Gasteiger partial charge in [0.15, 0.2) is 4.32 Å². The van der Waals surface area contributed by atoms with E-state index >= 15 is 0 Å². The summed E-state index contributed by atoms with van der Waals surface area (Å²) in [5.41, 5.74) is 0.993. The minimum atomic E-state index is -0.0388. The summed E-state index contributed by atoms with van der Waals surface area (Å²) in [7, 11) is 1.95.